The Labute approximate surface area is 220 Å². The Morgan fingerprint density at radius 3 is 2.39 bits per heavy atom. The van der Waals surface area contributed by atoms with Crippen molar-refractivity contribution in [3.63, 3.8) is 0 Å². The topological polar surface area (TPSA) is 80.2 Å². The van der Waals surface area contributed by atoms with Crippen molar-refractivity contribution in [1.29, 1.82) is 0 Å². The van der Waals surface area contributed by atoms with Crippen molar-refractivity contribution in [3.05, 3.63) is 63.0 Å². The summed E-state index contributed by atoms with van der Waals surface area (Å²) in [4.78, 5) is 19.5. The number of amides is 1. The van der Waals surface area contributed by atoms with Crippen LogP contribution in [0.25, 0.3) is 0 Å². The SMILES string of the molecule is COc1cc(C=Nc2sc3c(c2C(=O)Nc2ccc(Cl)cc2)CC[C@H](C(C)(C)C)C3)cc(OC)c1O. The minimum atomic E-state index is -0.183. The number of rotatable bonds is 6. The number of hydrogen-bond acceptors (Lipinski definition) is 6. The van der Waals surface area contributed by atoms with E-state index in [1.54, 1.807) is 53.9 Å². The van der Waals surface area contributed by atoms with Gasteiger partial charge in [0.15, 0.2) is 11.5 Å². The molecule has 0 saturated carbocycles. The van der Waals surface area contributed by atoms with Gasteiger partial charge in [0.25, 0.3) is 5.91 Å². The van der Waals surface area contributed by atoms with Gasteiger partial charge in [0.2, 0.25) is 5.75 Å². The summed E-state index contributed by atoms with van der Waals surface area (Å²) in [5, 5.41) is 14.5. The number of ether oxygens (including phenoxy) is 2. The number of aromatic hydroxyl groups is 1. The van der Waals surface area contributed by atoms with Crippen LogP contribution < -0.4 is 14.8 Å². The lowest BCUT2D eigenvalue weighted by Crippen LogP contribution is -2.27. The lowest BCUT2D eigenvalue weighted by molar-refractivity contribution is 0.102. The number of phenolic OH excluding ortho intramolecular Hbond substituents is 1. The van der Waals surface area contributed by atoms with E-state index in [2.05, 4.69) is 26.1 Å². The molecule has 1 atom stereocenters. The van der Waals surface area contributed by atoms with E-state index in [9.17, 15) is 9.90 Å². The molecule has 0 radical (unpaired) electrons. The number of carbonyl (C=O) groups excluding carboxylic acids is 1. The predicted molar refractivity (Wildman–Crippen MR) is 147 cm³/mol. The smallest absolute Gasteiger partial charge is 0.259 e. The summed E-state index contributed by atoms with van der Waals surface area (Å²) in [6, 6.07) is 10.4. The number of halogens is 1. The molecule has 190 valence electrons. The van der Waals surface area contributed by atoms with Gasteiger partial charge in [0.05, 0.1) is 19.8 Å². The van der Waals surface area contributed by atoms with Gasteiger partial charge in [-0.2, -0.15) is 0 Å². The zero-order valence-electron chi connectivity index (χ0n) is 21.1. The third-order valence-corrected chi connectivity index (χ3v) is 8.05. The maximum absolute atomic E-state index is 13.5. The van der Waals surface area contributed by atoms with E-state index in [1.165, 1.54) is 19.1 Å². The van der Waals surface area contributed by atoms with Crippen LogP contribution in [0.5, 0.6) is 17.2 Å². The van der Waals surface area contributed by atoms with Crippen LogP contribution >= 0.6 is 22.9 Å². The Balaban J connectivity index is 1.73. The second-order valence-electron chi connectivity index (χ2n) is 9.98. The molecule has 0 bridgehead atoms. The van der Waals surface area contributed by atoms with Gasteiger partial charge in [0.1, 0.15) is 5.00 Å². The second-order valence-corrected chi connectivity index (χ2v) is 11.5. The number of anilines is 1. The molecule has 1 aliphatic rings. The van der Waals surface area contributed by atoms with Gasteiger partial charge in [-0.25, -0.2) is 4.99 Å². The van der Waals surface area contributed by atoms with Crippen LogP contribution in [0.3, 0.4) is 0 Å². The van der Waals surface area contributed by atoms with Crippen molar-refractivity contribution in [3.8, 4) is 17.2 Å². The van der Waals surface area contributed by atoms with E-state index in [0.717, 1.165) is 24.8 Å². The molecule has 0 fully saturated rings. The Hall–Kier alpha value is -3.03. The number of nitrogens with zero attached hydrogens (tertiary/aromatic N) is 1. The van der Waals surface area contributed by atoms with Crippen LogP contribution in [0.4, 0.5) is 10.7 Å². The van der Waals surface area contributed by atoms with E-state index in [4.69, 9.17) is 26.1 Å². The van der Waals surface area contributed by atoms with Gasteiger partial charge in [-0.1, -0.05) is 32.4 Å². The van der Waals surface area contributed by atoms with Crippen LogP contribution in [0.1, 0.15) is 53.6 Å². The fourth-order valence-electron chi connectivity index (χ4n) is 4.48. The molecule has 2 N–H and O–H groups in total. The van der Waals surface area contributed by atoms with E-state index >= 15 is 0 Å². The summed E-state index contributed by atoms with van der Waals surface area (Å²) in [5.41, 5.74) is 3.25. The van der Waals surface area contributed by atoms with E-state index in [0.29, 0.717) is 32.8 Å². The molecule has 4 rings (SSSR count). The Bertz CT molecular complexity index is 1270. The molecule has 6 nitrogen and oxygen atoms in total. The molecule has 1 amide bonds. The number of nitrogens with one attached hydrogen (secondary N) is 1. The summed E-state index contributed by atoms with van der Waals surface area (Å²) in [7, 11) is 2.96. The number of fused-ring (bicyclic) bond motifs is 1. The van der Waals surface area contributed by atoms with Crippen molar-refractivity contribution >= 4 is 45.7 Å². The summed E-state index contributed by atoms with van der Waals surface area (Å²) in [5.74, 6) is 0.861. The quantitative estimate of drug-likeness (QED) is 0.331. The van der Waals surface area contributed by atoms with Gasteiger partial charge in [-0.15, -0.1) is 11.3 Å². The number of thiophene rings is 1. The molecule has 2 aromatic carbocycles. The Morgan fingerprint density at radius 1 is 1.17 bits per heavy atom. The first-order valence-corrected chi connectivity index (χ1v) is 13.0. The van der Waals surface area contributed by atoms with E-state index in [1.807, 2.05) is 0 Å². The van der Waals surface area contributed by atoms with Gasteiger partial charge < -0.3 is 19.9 Å². The number of aliphatic imine (C=N–C) groups is 1. The zero-order chi connectivity index (χ0) is 26.0. The average molecular weight is 527 g/mol. The van der Waals surface area contributed by atoms with E-state index < -0.39 is 0 Å². The van der Waals surface area contributed by atoms with Crippen molar-refractivity contribution in [2.75, 3.05) is 19.5 Å². The minimum absolute atomic E-state index is 0.0695. The fraction of sp³-hybridized carbons (Fsp3) is 0.357. The van der Waals surface area contributed by atoms with Crippen LogP contribution in [0.2, 0.25) is 5.02 Å². The molecule has 1 aromatic heterocycles. The van der Waals surface area contributed by atoms with Gasteiger partial charge in [-0.05, 0) is 72.6 Å². The van der Waals surface area contributed by atoms with Crippen molar-refractivity contribution in [2.45, 2.75) is 40.0 Å². The van der Waals surface area contributed by atoms with Crippen molar-refractivity contribution in [2.24, 2.45) is 16.3 Å². The highest BCUT2D eigenvalue weighted by Crippen LogP contribution is 2.45. The molecule has 36 heavy (non-hydrogen) atoms. The normalized spacial score (nSPS) is 15.6. The molecular weight excluding hydrogens is 496 g/mol. The van der Waals surface area contributed by atoms with Gasteiger partial charge in [-0.3, -0.25) is 4.79 Å². The lowest BCUT2D eigenvalue weighted by atomic mass is 9.72. The predicted octanol–water partition coefficient (Wildman–Crippen LogP) is 7.28. The minimum Gasteiger partial charge on any atom is -0.502 e. The third-order valence-electron chi connectivity index (χ3n) is 6.63. The molecule has 0 saturated heterocycles. The highest BCUT2D eigenvalue weighted by atomic mass is 35.5. The largest absolute Gasteiger partial charge is 0.502 e. The monoisotopic (exact) mass is 526 g/mol. The molecule has 0 aliphatic heterocycles. The standard InChI is InChI=1S/C28H31ClN2O4S/c1-28(2,3)17-6-11-20-23(14-17)36-27(24(20)26(33)31-19-9-7-18(29)8-10-19)30-15-16-12-21(34-4)25(32)22(13-16)35-5/h7-10,12-13,15,17,32H,6,11,14H2,1-5H3,(H,31,33)/t17-/m0/s1. The first kappa shape index (κ1) is 26.0. The first-order chi connectivity index (χ1) is 17.1. The molecule has 1 heterocycles. The van der Waals surface area contributed by atoms with Crippen molar-refractivity contribution in [1.82, 2.24) is 0 Å². The summed E-state index contributed by atoms with van der Waals surface area (Å²) < 4.78 is 10.5. The van der Waals surface area contributed by atoms with Crippen LogP contribution in [0, 0.1) is 11.3 Å². The summed E-state index contributed by atoms with van der Waals surface area (Å²) in [6.07, 6.45) is 4.47. The summed E-state index contributed by atoms with van der Waals surface area (Å²) >= 11 is 7.58. The fourth-order valence-corrected chi connectivity index (χ4v) is 5.88. The number of carbonyl (C=O) groups is 1. The van der Waals surface area contributed by atoms with Gasteiger partial charge >= 0.3 is 0 Å². The molecule has 1 aliphatic carbocycles. The summed E-state index contributed by atoms with van der Waals surface area (Å²) in [6.45, 7) is 6.82. The molecule has 3 aromatic rings. The first-order valence-electron chi connectivity index (χ1n) is 11.8. The number of methoxy groups -OCH3 is 2. The molecular formula is C28H31ClN2O4S. The van der Waals surface area contributed by atoms with E-state index in [-0.39, 0.29) is 28.6 Å². The zero-order valence-corrected chi connectivity index (χ0v) is 22.7. The van der Waals surface area contributed by atoms with Crippen molar-refractivity contribution < 1.29 is 19.4 Å². The number of hydrogen-bond donors (Lipinski definition) is 2. The number of phenols is 1. The lowest BCUT2D eigenvalue weighted by Gasteiger charge is -2.33. The van der Waals surface area contributed by atoms with Crippen LogP contribution in [-0.2, 0) is 12.8 Å². The third kappa shape index (κ3) is 5.52. The highest BCUT2D eigenvalue weighted by Gasteiger charge is 2.33. The second kappa shape index (κ2) is 10.5. The van der Waals surface area contributed by atoms with Gasteiger partial charge in [0, 0.05) is 27.4 Å². The maximum atomic E-state index is 13.5. The Kier molecular flexibility index (Phi) is 7.62. The highest BCUT2D eigenvalue weighted by molar-refractivity contribution is 7.16. The number of benzene rings is 2. The molecule has 0 unspecified atom stereocenters. The average Bonchev–Trinajstić information content (AvgIpc) is 3.22. The maximum Gasteiger partial charge on any atom is 0.259 e. The van der Waals surface area contributed by atoms with Crippen LogP contribution in [0.15, 0.2) is 41.4 Å². The molecule has 8 heteroatoms. The van der Waals surface area contributed by atoms with Crippen LogP contribution in [-0.4, -0.2) is 31.4 Å². The Morgan fingerprint density at radius 2 is 1.81 bits per heavy atom. The molecule has 0 spiro atoms.